The maximum atomic E-state index is 12.3. The maximum absolute atomic E-state index is 12.3. The molecular formula is C42H32N2O2S2. The lowest BCUT2D eigenvalue weighted by molar-refractivity contribution is -0.112. The normalized spacial score (nSPS) is 11.1. The number of benzene rings is 6. The minimum absolute atomic E-state index is 0.161. The molecule has 0 unspecified atom stereocenters. The molecule has 0 radical (unpaired) electrons. The second-order valence-corrected chi connectivity index (χ2v) is 13.1. The molecule has 6 aromatic carbocycles. The summed E-state index contributed by atoms with van der Waals surface area (Å²) >= 11 is 3.36. The minimum atomic E-state index is -0.161. The van der Waals surface area contributed by atoms with Crippen LogP contribution in [0.5, 0.6) is 0 Å². The number of hydrogen-bond acceptors (Lipinski definition) is 4. The van der Waals surface area contributed by atoms with E-state index in [0.717, 1.165) is 53.2 Å². The second kappa shape index (κ2) is 16.3. The van der Waals surface area contributed by atoms with Gasteiger partial charge in [0.15, 0.2) is 0 Å². The summed E-state index contributed by atoms with van der Waals surface area (Å²) < 4.78 is 0. The average Bonchev–Trinajstić information content (AvgIpc) is 3.13. The first-order valence-corrected chi connectivity index (χ1v) is 17.0. The van der Waals surface area contributed by atoms with Gasteiger partial charge < -0.3 is 10.6 Å². The molecule has 0 aliphatic carbocycles. The lowest BCUT2D eigenvalue weighted by atomic mass is 10.1. The Morgan fingerprint density at radius 3 is 1.04 bits per heavy atom. The van der Waals surface area contributed by atoms with Gasteiger partial charge in [-0.2, -0.15) is 0 Å². The van der Waals surface area contributed by atoms with Crippen LogP contribution in [-0.4, -0.2) is 11.8 Å². The van der Waals surface area contributed by atoms with Crippen molar-refractivity contribution in [2.45, 2.75) is 19.6 Å². The van der Waals surface area contributed by atoms with Crippen LogP contribution in [0.1, 0.15) is 11.1 Å². The summed E-state index contributed by atoms with van der Waals surface area (Å²) in [4.78, 5) is 29.0. The summed E-state index contributed by atoms with van der Waals surface area (Å²) in [6.45, 7) is 0. The summed E-state index contributed by atoms with van der Waals surface area (Å²) in [5.41, 5.74) is 5.78. The van der Waals surface area contributed by atoms with Crippen LogP contribution >= 0.6 is 23.5 Å². The highest BCUT2D eigenvalue weighted by atomic mass is 32.2. The van der Waals surface area contributed by atoms with Gasteiger partial charge in [-0.3, -0.25) is 9.59 Å². The van der Waals surface area contributed by atoms with Crippen LogP contribution in [-0.2, 0) is 9.59 Å². The Kier molecular flexibility index (Phi) is 11.0. The molecule has 6 heteroatoms. The lowest BCUT2D eigenvalue weighted by Crippen LogP contribution is -2.07. The van der Waals surface area contributed by atoms with Gasteiger partial charge in [0.1, 0.15) is 0 Å². The first-order chi connectivity index (χ1) is 23.6. The van der Waals surface area contributed by atoms with E-state index in [-0.39, 0.29) is 11.8 Å². The molecule has 4 nitrogen and oxygen atoms in total. The van der Waals surface area contributed by atoms with Crippen LogP contribution in [0.15, 0.2) is 189 Å². The SMILES string of the molecule is O=C(/C=C/c1ccccc1)Nc1ccc(Sc2ccc(-c3ccc(Sc4ccc(NC(=O)/C=C/c5ccccc5)cc4)cc3)cc2)cc1. The fourth-order valence-electron chi connectivity index (χ4n) is 4.76. The molecule has 0 bridgehead atoms. The molecule has 0 aliphatic rings. The van der Waals surface area contributed by atoms with Crippen molar-refractivity contribution in [1.82, 2.24) is 0 Å². The van der Waals surface area contributed by atoms with Gasteiger partial charge in [0.05, 0.1) is 0 Å². The summed E-state index contributed by atoms with van der Waals surface area (Å²) in [5, 5.41) is 5.82. The molecule has 0 fully saturated rings. The maximum Gasteiger partial charge on any atom is 0.248 e. The van der Waals surface area contributed by atoms with Crippen molar-refractivity contribution in [2.75, 3.05) is 10.6 Å². The first kappa shape index (κ1) is 32.4. The molecule has 0 spiro atoms. The van der Waals surface area contributed by atoms with Crippen molar-refractivity contribution < 1.29 is 9.59 Å². The molecule has 234 valence electrons. The van der Waals surface area contributed by atoms with Crippen LogP contribution in [0.3, 0.4) is 0 Å². The number of nitrogens with one attached hydrogen (secondary N) is 2. The zero-order chi connectivity index (χ0) is 33.0. The molecule has 0 aliphatic heterocycles. The Morgan fingerprint density at radius 1 is 0.396 bits per heavy atom. The third kappa shape index (κ3) is 9.72. The summed E-state index contributed by atoms with van der Waals surface area (Å²) in [6.07, 6.45) is 6.69. The number of anilines is 2. The first-order valence-electron chi connectivity index (χ1n) is 15.4. The Morgan fingerprint density at radius 2 is 0.708 bits per heavy atom. The van der Waals surface area contributed by atoms with E-state index in [1.165, 1.54) is 0 Å². The van der Waals surface area contributed by atoms with Gasteiger partial charge in [-0.1, -0.05) is 108 Å². The van der Waals surface area contributed by atoms with E-state index >= 15 is 0 Å². The highest BCUT2D eigenvalue weighted by Gasteiger charge is 2.05. The molecule has 2 amide bonds. The highest BCUT2D eigenvalue weighted by molar-refractivity contribution is 7.99. The Labute approximate surface area is 289 Å². The Hall–Kier alpha value is -5.56. The molecule has 0 saturated heterocycles. The van der Waals surface area contributed by atoms with Crippen molar-refractivity contribution in [1.29, 1.82) is 0 Å². The highest BCUT2D eigenvalue weighted by Crippen LogP contribution is 2.33. The molecule has 6 aromatic rings. The monoisotopic (exact) mass is 660 g/mol. The lowest BCUT2D eigenvalue weighted by Gasteiger charge is -2.08. The van der Waals surface area contributed by atoms with Gasteiger partial charge in [0.25, 0.3) is 0 Å². The predicted octanol–water partition coefficient (Wildman–Crippen LogP) is 11.0. The van der Waals surface area contributed by atoms with Crippen LogP contribution < -0.4 is 10.6 Å². The molecule has 6 rings (SSSR count). The molecule has 2 N–H and O–H groups in total. The Bertz CT molecular complexity index is 1860. The largest absolute Gasteiger partial charge is 0.323 e. The standard InChI is InChI=1S/C42H32N2O2S2/c45-41(29-11-31-7-3-1-4-8-31)43-35-17-25-39(26-18-35)47-37-21-13-33(14-22-37)34-15-23-38(24-16-34)48-40-27-19-36(20-28-40)44-42(46)30-12-32-9-5-2-6-10-32/h1-30H,(H,43,45)(H,44,46)/b29-11+,30-12+. The molecule has 0 atom stereocenters. The van der Waals surface area contributed by atoms with E-state index in [1.54, 1.807) is 47.8 Å². The third-order valence-corrected chi connectivity index (χ3v) is 9.24. The van der Waals surface area contributed by atoms with Crippen LogP contribution in [0.25, 0.3) is 23.3 Å². The fourth-order valence-corrected chi connectivity index (χ4v) is 6.39. The van der Waals surface area contributed by atoms with Gasteiger partial charge >= 0.3 is 0 Å². The van der Waals surface area contributed by atoms with Gasteiger partial charge in [-0.05, 0) is 107 Å². The zero-order valence-electron chi connectivity index (χ0n) is 26.0. The van der Waals surface area contributed by atoms with Crippen LogP contribution in [0.2, 0.25) is 0 Å². The van der Waals surface area contributed by atoms with Crippen molar-refractivity contribution in [2.24, 2.45) is 0 Å². The zero-order valence-corrected chi connectivity index (χ0v) is 27.6. The molecule has 48 heavy (non-hydrogen) atoms. The van der Waals surface area contributed by atoms with Gasteiger partial charge in [0, 0.05) is 43.1 Å². The number of hydrogen-bond donors (Lipinski definition) is 2. The van der Waals surface area contributed by atoms with E-state index in [1.807, 2.05) is 109 Å². The van der Waals surface area contributed by atoms with E-state index < -0.39 is 0 Å². The van der Waals surface area contributed by atoms with Crippen LogP contribution in [0, 0.1) is 0 Å². The van der Waals surface area contributed by atoms with E-state index in [2.05, 4.69) is 59.2 Å². The summed E-state index contributed by atoms with van der Waals surface area (Å²) in [6, 6.07) is 52.3. The van der Waals surface area contributed by atoms with Crippen molar-refractivity contribution in [3.8, 4) is 11.1 Å². The summed E-state index contributed by atoms with van der Waals surface area (Å²) in [5.74, 6) is -0.323. The van der Waals surface area contributed by atoms with Gasteiger partial charge in [-0.25, -0.2) is 0 Å². The molecule has 0 aromatic heterocycles. The minimum Gasteiger partial charge on any atom is -0.323 e. The Balaban J connectivity index is 0.975. The van der Waals surface area contributed by atoms with E-state index in [9.17, 15) is 9.59 Å². The summed E-state index contributed by atoms with van der Waals surface area (Å²) in [7, 11) is 0. The van der Waals surface area contributed by atoms with E-state index in [4.69, 9.17) is 0 Å². The van der Waals surface area contributed by atoms with Gasteiger partial charge in [-0.15, -0.1) is 0 Å². The number of rotatable bonds is 11. The number of amides is 2. The fraction of sp³-hybridized carbons (Fsp3) is 0. The quantitative estimate of drug-likeness (QED) is 0.136. The third-order valence-electron chi connectivity index (χ3n) is 7.21. The van der Waals surface area contributed by atoms with E-state index in [0.29, 0.717) is 0 Å². The topological polar surface area (TPSA) is 58.2 Å². The average molecular weight is 661 g/mol. The van der Waals surface area contributed by atoms with Gasteiger partial charge in [0.2, 0.25) is 11.8 Å². The molecule has 0 saturated carbocycles. The van der Waals surface area contributed by atoms with Crippen molar-refractivity contribution in [3.05, 3.63) is 181 Å². The molecular weight excluding hydrogens is 629 g/mol. The van der Waals surface area contributed by atoms with Crippen LogP contribution in [0.4, 0.5) is 11.4 Å². The van der Waals surface area contributed by atoms with Crippen molar-refractivity contribution >= 4 is 58.9 Å². The molecule has 0 heterocycles. The second-order valence-electron chi connectivity index (χ2n) is 10.8. The van der Waals surface area contributed by atoms with Crippen molar-refractivity contribution in [3.63, 3.8) is 0 Å². The number of carbonyl (C=O) groups is 2. The predicted molar refractivity (Wildman–Crippen MR) is 201 cm³/mol. The smallest absolute Gasteiger partial charge is 0.248 e. The number of carbonyl (C=O) groups excluding carboxylic acids is 2.